The third kappa shape index (κ3) is 3.78. The summed E-state index contributed by atoms with van der Waals surface area (Å²) in [6.07, 6.45) is 4.45. The Hall–Kier alpha value is -0.720. The van der Waals surface area contributed by atoms with Gasteiger partial charge in [-0.2, -0.15) is 0 Å². The van der Waals surface area contributed by atoms with Crippen LogP contribution in [0.25, 0.3) is 0 Å². The van der Waals surface area contributed by atoms with Gasteiger partial charge in [0.25, 0.3) is 5.11 Å². The molecule has 0 unspecified atom stereocenters. The van der Waals surface area contributed by atoms with Gasteiger partial charge in [-0.15, -0.1) is 13.2 Å². The van der Waals surface area contributed by atoms with E-state index in [1.54, 1.807) is 22.9 Å². The van der Waals surface area contributed by atoms with Crippen LogP contribution in [-0.2, 0) is 4.74 Å². The molecule has 124 valence electrons. The zero-order valence-electron chi connectivity index (χ0n) is 13.3. The maximum atomic E-state index is 10.3. The molecule has 0 aromatic heterocycles. The molecule has 2 aliphatic heterocycles. The number of hydrogen-bond acceptors (Lipinski definition) is 5. The quantitative estimate of drug-likeness (QED) is 0.374. The summed E-state index contributed by atoms with van der Waals surface area (Å²) in [5, 5.41) is 24.0. The lowest BCUT2D eigenvalue weighted by Gasteiger charge is -2.28. The van der Waals surface area contributed by atoms with E-state index in [0.717, 1.165) is 6.16 Å². The van der Waals surface area contributed by atoms with Crippen molar-refractivity contribution in [2.45, 2.75) is 31.0 Å². The fraction of sp³-hybridized carbons (Fsp3) is 0.643. The number of aliphatic hydroxyl groups is 2. The van der Waals surface area contributed by atoms with Gasteiger partial charge in [-0.3, -0.25) is 0 Å². The van der Waals surface area contributed by atoms with Crippen LogP contribution in [-0.4, -0.2) is 88.5 Å². The number of aliphatic hydroxyl groups excluding tert-OH is 2. The summed E-state index contributed by atoms with van der Waals surface area (Å²) in [6, 6.07) is 0. The van der Waals surface area contributed by atoms with Gasteiger partial charge in [0.2, 0.25) is 12.0 Å². The van der Waals surface area contributed by atoms with E-state index >= 15 is 0 Å². The molecule has 0 saturated carbocycles. The molecule has 6 nitrogen and oxygen atoms in total. The lowest BCUT2D eigenvalue weighted by Crippen LogP contribution is -2.52. The first kappa shape index (κ1) is 17.6. The topological polar surface area (TPSA) is 68.0 Å². The van der Waals surface area contributed by atoms with Crippen LogP contribution in [0.2, 0.25) is 0 Å². The first-order valence-corrected chi connectivity index (χ1v) is 10.6. The molecule has 8 heteroatoms. The van der Waals surface area contributed by atoms with Crippen molar-refractivity contribution in [1.82, 2.24) is 10.2 Å². The van der Waals surface area contributed by atoms with Gasteiger partial charge in [-0.25, -0.2) is 14.8 Å². The molecular weight excluding hydrogens is 321 g/mol. The fourth-order valence-corrected chi connectivity index (χ4v) is 3.60. The maximum Gasteiger partial charge on any atom is 0.296 e. The Labute approximate surface area is 137 Å². The molecule has 22 heavy (non-hydrogen) atoms. The van der Waals surface area contributed by atoms with Crippen LogP contribution in [0.3, 0.4) is 0 Å². The summed E-state index contributed by atoms with van der Waals surface area (Å²) < 4.78 is 7.59. The third-order valence-electron chi connectivity index (χ3n) is 3.81. The van der Waals surface area contributed by atoms with Crippen LogP contribution in [0.1, 0.15) is 6.42 Å². The molecule has 0 radical (unpaired) electrons. The second kappa shape index (κ2) is 6.42. The van der Waals surface area contributed by atoms with Crippen molar-refractivity contribution in [2.24, 2.45) is 0 Å². The summed E-state index contributed by atoms with van der Waals surface area (Å²) in [5.74, 6) is 0.519. The summed E-state index contributed by atoms with van der Waals surface area (Å²) in [4.78, 5) is 1.66. The van der Waals surface area contributed by atoms with Crippen molar-refractivity contribution in [3.05, 3.63) is 12.4 Å². The molecule has 2 rings (SSSR count). The van der Waals surface area contributed by atoms with Gasteiger partial charge in [0.05, 0.1) is 13.2 Å². The average Bonchev–Trinajstić information content (AvgIpc) is 2.68. The molecule has 3 N–H and O–H groups in total. The summed E-state index contributed by atoms with van der Waals surface area (Å²) in [7, 11) is 1.79. The van der Waals surface area contributed by atoms with Gasteiger partial charge in [-0.1, -0.05) is 0 Å². The van der Waals surface area contributed by atoms with E-state index in [2.05, 4.69) is 31.5 Å². The number of thiocarbonyl (C=S) groups is 1. The first-order chi connectivity index (χ1) is 10.1. The lowest BCUT2D eigenvalue weighted by atomic mass is 10.1. The number of nitrogens with zero attached hydrogens (tertiary/aromatic N) is 2. The van der Waals surface area contributed by atoms with Crippen LogP contribution >= 0.6 is 19.1 Å². The fourth-order valence-electron chi connectivity index (χ4n) is 2.48. The second-order valence-electron chi connectivity index (χ2n) is 6.50. The van der Waals surface area contributed by atoms with E-state index < -0.39 is 31.4 Å². The normalized spacial score (nSPS) is 33.0. The molecule has 0 spiro atoms. The highest BCUT2D eigenvalue weighted by atomic mass is 32.1. The molecule has 0 aromatic carbocycles. The zero-order chi connectivity index (χ0) is 16.7. The maximum absolute atomic E-state index is 10.3. The number of nitrogens with one attached hydrogen (secondary N) is 1. The Morgan fingerprint density at radius 2 is 2.09 bits per heavy atom. The number of rotatable bonds is 4. The van der Waals surface area contributed by atoms with Gasteiger partial charge in [0.15, 0.2) is 6.34 Å². The Kier molecular flexibility index (Phi) is 5.14. The molecule has 0 aromatic rings. The van der Waals surface area contributed by atoms with Crippen LogP contribution in [0, 0.1) is 0 Å². The van der Waals surface area contributed by atoms with Gasteiger partial charge in [-0.05, 0) is 44.7 Å². The smallest absolute Gasteiger partial charge is 0.296 e. The van der Waals surface area contributed by atoms with Crippen LogP contribution < -0.4 is 5.32 Å². The zero-order valence-corrected chi connectivity index (χ0v) is 15.0. The van der Waals surface area contributed by atoms with Gasteiger partial charge >= 0.3 is 0 Å². The largest absolute Gasteiger partial charge is 0.387 e. The summed E-state index contributed by atoms with van der Waals surface area (Å²) in [6.45, 7) is 6.97. The van der Waals surface area contributed by atoms with Crippen molar-refractivity contribution in [2.75, 3.05) is 26.5 Å². The molecule has 2 aliphatic rings. The highest BCUT2D eigenvalue weighted by Gasteiger charge is 2.48. The minimum absolute atomic E-state index is 0.401. The molecule has 1 saturated heterocycles. The average molecular weight is 346 g/mol. The second-order valence-corrected chi connectivity index (χ2v) is 11.2. The Morgan fingerprint density at radius 3 is 2.68 bits per heavy atom. The molecule has 2 heterocycles. The van der Waals surface area contributed by atoms with E-state index in [4.69, 9.17) is 17.0 Å². The summed E-state index contributed by atoms with van der Waals surface area (Å²) in [5.41, 5.74) is 0. The predicted octanol–water partition coefficient (Wildman–Crippen LogP) is -0.136. The van der Waals surface area contributed by atoms with Gasteiger partial charge in [0.1, 0.15) is 12.2 Å². The van der Waals surface area contributed by atoms with Gasteiger partial charge in [0, 0.05) is 0 Å². The van der Waals surface area contributed by atoms with E-state index in [-0.39, 0.29) is 0 Å². The van der Waals surface area contributed by atoms with Crippen molar-refractivity contribution in [3.63, 3.8) is 0 Å². The summed E-state index contributed by atoms with van der Waals surface area (Å²) >= 11 is 5.13. The number of hydrogen-bond donors (Lipinski definition) is 3. The minimum Gasteiger partial charge on any atom is -0.387 e. The van der Waals surface area contributed by atoms with Crippen molar-refractivity contribution >= 4 is 36.9 Å². The molecule has 0 aliphatic carbocycles. The molecule has 1 fully saturated rings. The lowest BCUT2D eigenvalue weighted by molar-refractivity contribution is -0.377. The van der Waals surface area contributed by atoms with E-state index in [1.165, 1.54) is 0 Å². The Balaban J connectivity index is 2.11. The highest BCUT2D eigenvalue weighted by molar-refractivity contribution is 7.79. The van der Waals surface area contributed by atoms with Crippen molar-refractivity contribution in [1.29, 1.82) is 0 Å². The molecule has 4 atom stereocenters. The third-order valence-corrected chi connectivity index (χ3v) is 5.67. The molecule has 0 bridgehead atoms. The first-order valence-electron chi connectivity index (χ1n) is 7.15. The monoisotopic (exact) mass is 346 g/mol. The molecular formula is C14H25N3O3PS+. The van der Waals surface area contributed by atoms with Crippen LogP contribution in [0.5, 0.6) is 0 Å². The standard InChI is InChI=1S/C14H24N3O3PS/c1-9-15-14(22)16(2)8-17(9)13-12(19)11(18)10(20-13)6-7-21(3,4)5/h8,10-13,18-19H,1,3,6-7H2,2,4-5H3/p+1/t10-,11-,12-,13-/m1/s1. The predicted molar refractivity (Wildman–Crippen MR) is 95.0 cm³/mol. The Bertz CT molecular complexity index is 560. The SMILES string of the molecule is C=C1NC(=S)[N+](C)=CN1[C@@H]1O[C@H](CCP(=C)(C)C)[C@@H](O)[C@H]1O. The number of ether oxygens (including phenoxy) is 1. The Morgan fingerprint density at radius 1 is 1.45 bits per heavy atom. The van der Waals surface area contributed by atoms with Crippen molar-refractivity contribution in [3.8, 4) is 0 Å². The van der Waals surface area contributed by atoms with E-state index in [1.807, 2.05) is 0 Å². The minimum atomic E-state index is -1.20. The van der Waals surface area contributed by atoms with Crippen molar-refractivity contribution < 1.29 is 19.5 Å². The molecule has 0 amide bonds. The van der Waals surface area contributed by atoms with Crippen LogP contribution in [0.15, 0.2) is 12.4 Å². The highest BCUT2D eigenvalue weighted by Crippen LogP contribution is 2.38. The van der Waals surface area contributed by atoms with E-state index in [0.29, 0.717) is 17.4 Å². The van der Waals surface area contributed by atoms with E-state index in [9.17, 15) is 10.2 Å². The van der Waals surface area contributed by atoms with Crippen LogP contribution in [0.4, 0.5) is 0 Å². The van der Waals surface area contributed by atoms with Gasteiger partial charge < -0.3 is 14.9 Å².